The molecule has 2 rings (SSSR count). The van der Waals surface area contributed by atoms with Crippen LogP contribution >= 0.6 is 0 Å². The van der Waals surface area contributed by atoms with Crippen molar-refractivity contribution >= 4 is 5.91 Å². The number of nitrogens with zero attached hydrogens (tertiary/aromatic N) is 2. The van der Waals surface area contributed by atoms with Crippen LogP contribution in [0.15, 0.2) is 18.3 Å². The van der Waals surface area contributed by atoms with Gasteiger partial charge in [0, 0.05) is 19.5 Å². The normalized spacial score (nSPS) is 26.2. The van der Waals surface area contributed by atoms with Crippen molar-refractivity contribution in [3.63, 3.8) is 0 Å². The van der Waals surface area contributed by atoms with Crippen molar-refractivity contribution in [3.05, 3.63) is 24.0 Å². The van der Waals surface area contributed by atoms with Crippen LogP contribution in [0.1, 0.15) is 44.7 Å². The molecule has 1 aromatic rings. The molecule has 5 heteroatoms. The van der Waals surface area contributed by atoms with Gasteiger partial charge < -0.3 is 15.1 Å². The van der Waals surface area contributed by atoms with Gasteiger partial charge in [-0.1, -0.05) is 6.92 Å². The second-order valence-corrected chi connectivity index (χ2v) is 5.52. The Labute approximate surface area is 119 Å². The summed E-state index contributed by atoms with van der Waals surface area (Å²) in [6, 6.07) is 3.40. The quantitative estimate of drug-likeness (QED) is 0.884. The van der Waals surface area contributed by atoms with Gasteiger partial charge in [-0.2, -0.15) is 0 Å². The van der Waals surface area contributed by atoms with Crippen LogP contribution in [0.3, 0.4) is 0 Å². The van der Waals surface area contributed by atoms with E-state index in [2.05, 4.69) is 4.98 Å². The van der Waals surface area contributed by atoms with E-state index in [1.165, 1.54) is 6.20 Å². The second-order valence-electron chi connectivity index (χ2n) is 5.52. The number of hydrogen-bond acceptors (Lipinski definition) is 4. The summed E-state index contributed by atoms with van der Waals surface area (Å²) in [6.07, 6.45) is 4.55. The Kier molecular flexibility index (Phi) is 4.28. The van der Waals surface area contributed by atoms with Gasteiger partial charge in [0.1, 0.15) is 11.4 Å². The topological polar surface area (TPSA) is 73.7 Å². The standard InChI is InChI=1S/C15H22N2O3/c1-3-14(19)17(2)11-6-8-15(20,9-7-11)13-5-4-12(18)10-16-13/h4-5,10-11,18,20H,3,6-9H2,1-2H3/t11-,15+. The fraction of sp³-hybridized carbons (Fsp3) is 0.600. The molecule has 0 unspecified atom stereocenters. The fourth-order valence-corrected chi connectivity index (χ4v) is 2.84. The van der Waals surface area contributed by atoms with Crippen LogP contribution in [-0.2, 0) is 10.4 Å². The minimum Gasteiger partial charge on any atom is -0.506 e. The first-order valence-corrected chi connectivity index (χ1v) is 7.10. The lowest BCUT2D eigenvalue weighted by Gasteiger charge is -2.39. The van der Waals surface area contributed by atoms with Gasteiger partial charge in [-0.25, -0.2) is 0 Å². The first kappa shape index (κ1) is 14.8. The summed E-state index contributed by atoms with van der Waals surface area (Å²) in [5, 5.41) is 19.9. The van der Waals surface area contributed by atoms with E-state index >= 15 is 0 Å². The largest absolute Gasteiger partial charge is 0.506 e. The van der Waals surface area contributed by atoms with E-state index in [4.69, 9.17) is 0 Å². The maximum atomic E-state index is 11.7. The van der Waals surface area contributed by atoms with Crippen LogP contribution < -0.4 is 0 Å². The summed E-state index contributed by atoms with van der Waals surface area (Å²) in [7, 11) is 1.83. The van der Waals surface area contributed by atoms with Gasteiger partial charge in [-0.3, -0.25) is 9.78 Å². The average molecular weight is 278 g/mol. The third-order valence-electron chi connectivity index (χ3n) is 4.25. The molecule has 0 radical (unpaired) electrons. The molecule has 20 heavy (non-hydrogen) atoms. The van der Waals surface area contributed by atoms with Gasteiger partial charge in [-0.15, -0.1) is 0 Å². The first-order chi connectivity index (χ1) is 9.46. The molecule has 0 atom stereocenters. The molecule has 1 fully saturated rings. The molecule has 5 nitrogen and oxygen atoms in total. The van der Waals surface area contributed by atoms with Crippen LogP contribution in [0.25, 0.3) is 0 Å². The van der Waals surface area contributed by atoms with Gasteiger partial charge in [0.15, 0.2) is 0 Å². The van der Waals surface area contributed by atoms with Crippen molar-refractivity contribution in [1.29, 1.82) is 0 Å². The van der Waals surface area contributed by atoms with Gasteiger partial charge in [-0.05, 0) is 37.8 Å². The number of pyridine rings is 1. The van der Waals surface area contributed by atoms with Gasteiger partial charge in [0.2, 0.25) is 5.91 Å². The molecule has 1 heterocycles. The van der Waals surface area contributed by atoms with Crippen molar-refractivity contribution in [2.24, 2.45) is 0 Å². The molecule has 0 saturated heterocycles. The maximum absolute atomic E-state index is 11.7. The van der Waals surface area contributed by atoms with Crippen LogP contribution in [0, 0.1) is 0 Å². The number of aliphatic hydroxyl groups is 1. The summed E-state index contributed by atoms with van der Waals surface area (Å²) >= 11 is 0. The smallest absolute Gasteiger partial charge is 0.222 e. The lowest BCUT2D eigenvalue weighted by molar-refractivity contribution is -0.133. The highest BCUT2D eigenvalue weighted by Gasteiger charge is 2.37. The third-order valence-corrected chi connectivity index (χ3v) is 4.25. The molecule has 1 amide bonds. The zero-order valence-corrected chi connectivity index (χ0v) is 12.0. The van der Waals surface area contributed by atoms with Gasteiger partial charge in [0.25, 0.3) is 0 Å². The molecule has 0 spiro atoms. The summed E-state index contributed by atoms with van der Waals surface area (Å²) < 4.78 is 0. The van der Waals surface area contributed by atoms with Crippen molar-refractivity contribution in [1.82, 2.24) is 9.88 Å². The maximum Gasteiger partial charge on any atom is 0.222 e. The van der Waals surface area contributed by atoms with E-state index in [1.54, 1.807) is 17.0 Å². The van der Waals surface area contributed by atoms with Gasteiger partial charge >= 0.3 is 0 Å². The first-order valence-electron chi connectivity index (χ1n) is 7.10. The number of amides is 1. The van der Waals surface area contributed by atoms with E-state index in [0.717, 1.165) is 12.8 Å². The summed E-state index contributed by atoms with van der Waals surface area (Å²) in [5.74, 6) is 0.238. The molecule has 1 saturated carbocycles. The SMILES string of the molecule is CCC(=O)N(C)[C@H]1CC[C@](O)(c2ccc(O)cn2)CC1. The number of aromatic hydroxyl groups is 1. The Morgan fingerprint density at radius 1 is 1.45 bits per heavy atom. The predicted octanol–water partition coefficient (Wildman–Crippen LogP) is 1.79. The predicted molar refractivity (Wildman–Crippen MR) is 75.1 cm³/mol. The van der Waals surface area contributed by atoms with Crippen LogP contribution in [0.4, 0.5) is 0 Å². The van der Waals surface area contributed by atoms with E-state index in [9.17, 15) is 15.0 Å². The molecule has 1 aliphatic rings. The highest BCUT2D eigenvalue weighted by molar-refractivity contribution is 5.75. The summed E-state index contributed by atoms with van der Waals surface area (Å²) in [6.45, 7) is 1.86. The Morgan fingerprint density at radius 3 is 2.60 bits per heavy atom. The number of hydrogen-bond donors (Lipinski definition) is 2. The molecular weight excluding hydrogens is 256 g/mol. The van der Waals surface area contributed by atoms with E-state index in [-0.39, 0.29) is 17.7 Å². The van der Waals surface area contributed by atoms with Crippen molar-refractivity contribution < 1.29 is 15.0 Å². The lowest BCUT2D eigenvalue weighted by atomic mass is 9.79. The second kappa shape index (κ2) is 5.79. The Balaban J connectivity index is 2.03. The number of carbonyl (C=O) groups is 1. The average Bonchev–Trinajstić information content (AvgIpc) is 2.47. The molecule has 0 aromatic carbocycles. The van der Waals surface area contributed by atoms with Gasteiger partial charge in [0.05, 0.1) is 11.9 Å². The lowest BCUT2D eigenvalue weighted by Crippen LogP contribution is -2.43. The third kappa shape index (κ3) is 2.93. The molecule has 0 bridgehead atoms. The van der Waals surface area contributed by atoms with E-state index in [1.807, 2.05) is 14.0 Å². The number of rotatable bonds is 3. The Bertz CT molecular complexity index is 465. The van der Waals surface area contributed by atoms with Crippen LogP contribution in [0.5, 0.6) is 5.75 Å². The van der Waals surface area contributed by atoms with Crippen LogP contribution in [-0.4, -0.2) is 39.1 Å². The Hall–Kier alpha value is -1.62. The van der Waals surface area contributed by atoms with Crippen molar-refractivity contribution in [3.8, 4) is 5.75 Å². The number of aromatic nitrogens is 1. The molecule has 110 valence electrons. The number of carbonyl (C=O) groups excluding carboxylic acids is 1. The Morgan fingerprint density at radius 2 is 2.10 bits per heavy atom. The summed E-state index contributed by atoms with van der Waals surface area (Å²) in [5.41, 5.74) is -0.349. The minimum absolute atomic E-state index is 0.0966. The minimum atomic E-state index is -0.944. The van der Waals surface area contributed by atoms with E-state index < -0.39 is 5.60 Å². The highest BCUT2D eigenvalue weighted by atomic mass is 16.3. The van der Waals surface area contributed by atoms with Crippen LogP contribution in [0.2, 0.25) is 0 Å². The molecule has 1 aliphatic carbocycles. The fourth-order valence-electron chi connectivity index (χ4n) is 2.84. The zero-order valence-electron chi connectivity index (χ0n) is 12.0. The molecule has 1 aromatic heterocycles. The monoisotopic (exact) mass is 278 g/mol. The highest BCUT2D eigenvalue weighted by Crippen LogP contribution is 2.37. The summed E-state index contributed by atoms with van der Waals surface area (Å²) in [4.78, 5) is 17.6. The zero-order chi connectivity index (χ0) is 14.8. The molecular formula is C15H22N2O3. The van der Waals surface area contributed by atoms with Crippen molar-refractivity contribution in [2.45, 2.75) is 50.7 Å². The van der Waals surface area contributed by atoms with Crippen molar-refractivity contribution in [2.75, 3.05) is 7.05 Å². The molecule has 2 N–H and O–H groups in total. The van der Waals surface area contributed by atoms with E-state index in [0.29, 0.717) is 25.0 Å². The molecule has 0 aliphatic heterocycles.